The zero-order valence-electron chi connectivity index (χ0n) is 31.8. The summed E-state index contributed by atoms with van der Waals surface area (Å²) in [4.78, 5) is 29.7. The van der Waals surface area contributed by atoms with E-state index in [1.807, 2.05) is 64.9 Å². The monoisotopic (exact) mass is 688 g/mol. The van der Waals surface area contributed by atoms with Crippen molar-refractivity contribution in [3.05, 3.63) is 47.5 Å². The highest BCUT2D eigenvalue weighted by atomic mass is 16.7. The Balaban J connectivity index is 2.02. The first-order valence-electron chi connectivity index (χ1n) is 18.1. The lowest BCUT2D eigenvalue weighted by Gasteiger charge is -2.47. The van der Waals surface area contributed by atoms with Crippen LogP contribution in [0.3, 0.4) is 0 Å². The lowest BCUT2D eigenvalue weighted by molar-refractivity contribution is -0.295. The minimum Gasteiger partial charge on any atom is -0.459 e. The quantitative estimate of drug-likeness (QED) is 0.135. The highest BCUT2D eigenvalue weighted by molar-refractivity contribution is 6.00. The number of rotatable bonds is 10. The fraction of sp³-hybridized carbons (Fsp3) is 0.744. The molecule has 0 bridgehead atoms. The van der Waals surface area contributed by atoms with Gasteiger partial charge in [0.15, 0.2) is 12.1 Å². The van der Waals surface area contributed by atoms with Gasteiger partial charge in [-0.15, -0.1) is 0 Å². The summed E-state index contributed by atoms with van der Waals surface area (Å²) in [5.41, 5.74) is -0.269. The first-order chi connectivity index (χ1) is 23.0. The van der Waals surface area contributed by atoms with Gasteiger partial charge < -0.3 is 39.4 Å². The van der Waals surface area contributed by atoms with Gasteiger partial charge in [0.1, 0.15) is 23.7 Å². The third kappa shape index (κ3) is 10.2. The van der Waals surface area contributed by atoms with Crippen LogP contribution in [0, 0.1) is 23.7 Å². The fourth-order valence-electron chi connectivity index (χ4n) is 7.97. The predicted molar refractivity (Wildman–Crippen MR) is 191 cm³/mol. The number of hydrogen-bond donors (Lipinski definition) is 3. The van der Waals surface area contributed by atoms with E-state index in [0.717, 1.165) is 5.57 Å². The van der Waals surface area contributed by atoms with Gasteiger partial charge in [-0.25, -0.2) is 0 Å². The van der Waals surface area contributed by atoms with Gasteiger partial charge in [0.2, 0.25) is 0 Å². The molecule has 1 saturated heterocycles. The molecule has 0 aromatic heterocycles. The van der Waals surface area contributed by atoms with Gasteiger partial charge in [0.05, 0.1) is 17.8 Å². The van der Waals surface area contributed by atoms with Gasteiger partial charge in [-0.1, -0.05) is 62.8 Å². The number of nitrogens with zero attached hydrogens (tertiary/aromatic N) is 1. The Morgan fingerprint density at radius 2 is 1.73 bits per heavy atom. The highest BCUT2D eigenvalue weighted by Crippen LogP contribution is 2.39. The average Bonchev–Trinajstić information content (AvgIpc) is 3.05. The number of carbonyl (C=O) groups excluding carboxylic acids is 2. The van der Waals surface area contributed by atoms with Crippen molar-refractivity contribution in [3.63, 3.8) is 0 Å². The van der Waals surface area contributed by atoms with Crippen LogP contribution in [0.5, 0.6) is 0 Å². The van der Waals surface area contributed by atoms with E-state index in [-0.39, 0.29) is 29.8 Å². The third-order valence-electron chi connectivity index (χ3n) is 10.9. The summed E-state index contributed by atoms with van der Waals surface area (Å²) in [6.07, 6.45) is 0.366. The fourth-order valence-corrected chi connectivity index (χ4v) is 7.97. The van der Waals surface area contributed by atoms with E-state index >= 15 is 0 Å². The molecule has 10 heteroatoms. The van der Waals surface area contributed by atoms with E-state index in [1.165, 1.54) is 5.56 Å². The molecule has 10 nitrogen and oxygen atoms in total. The number of benzene rings is 1. The number of ether oxygens (including phenoxy) is 4. The van der Waals surface area contributed by atoms with Gasteiger partial charge in [-0.05, 0) is 92.4 Å². The highest BCUT2D eigenvalue weighted by Gasteiger charge is 2.50. The Labute approximate surface area is 294 Å². The molecular weight excluding hydrogens is 624 g/mol. The average molecular weight is 689 g/mol. The predicted octanol–water partition coefficient (Wildman–Crippen LogP) is 4.90. The number of allylic oxidation sites excluding steroid dienone is 1. The summed E-state index contributed by atoms with van der Waals surface area (Å²) in [7, 11) is 5.42. The van der Waals surface area contributed by atoms with Crippen LogP contribution in [0.2, 0.25) is 0 Å². The molecule has 2 aliphatic rings. The van der Waals surface area contributed by atoms with Gasteiger partial charge in [-0.2, -0.15) is 0 Å². The normalized spacial score (nSPS) is 39.6. The summed E-state index contributed by atoms with van der Waals surface area (Å²) in [5.74, 6) is -3.40. The number of nitrogens with one attached hydrogen (secondary N) is 1. The van der Waals surface area contributed by atoms with Crippen molar-refractivity contribution in [2.75, 3.05) is 27.7 Å². The maximum Gasteiger partial charge on any atom is 0.316 e. The van der Waals surface area contributed by atoms with Crippen LogP contribution in [0.4, 0.5) is 0 Å². The molecule has 1 aromatic carbocycles. The van der Waals surface area contributed by atoms with E-state index in [0.29, 0.717) is 38.8 Å². The van der Waals surface area contributed by atoms with E-state index < -0.39 is 53.6 Å². The van der Waals surface area contributed by atoms with E-state index in [1.54, 1.807) is 27.9 Å². The largest absolute Gasteiger partial charge is 0.459 e. The van der Waals surface area contributed by atoms with E-state index in [2.05, 4.69) is 30.4 Å². The molecule has 0 saturated carbocycles. The van der Waals surface area contributed by atoms with Gasteiger partial charge >= 0.3 is 5.97 Å². The van der Waals surface area contributed by atoms with Crippen LogP contribution in [0.25, 0.3) is 0 Å². The molecule has 1 aromatic rings. The second-order valence-electron chi connectivity index (χ2n) is 15.2. The summed E-state index contributed by atoms with van der Waals surface area (Å²) in [5, 5.41) is 27.0. The molecule has 1 unspecified atom stereocenters. The van der Waals surface area contributed by atoms with Crippen molar-refractivity contribution in [3.8, 4) is 0 Å². The zero-order valence-corrected chi connectivity index (χ0v) is 31.8. The van der Waals surface area contributed by atoms with Crippen LogP contribution in [-0.4, -0.2) is 103 Å². The Morgan fingerprint density at radius 3 is 2.33 bits per heavy atom. The number of methoxy groups -OCH3 is 1. The van der Waals surface area contributed by atoms with Crippen molar-refractivity contribution >= 4 is 11.8 Å². The first-order valence-corrected chi connectivity index (χ1v) is 18.1. The molecule has 1 fully saturated rings. The van der Waals surface area contributed by atoms with Crippen molar-refractivity contribution in [2.45, 2.75) is 136 Å². The molecular formula is C39H64N2O8. The molecule has 3 N–H and O–H groups in total. The molecule has 0 aliphatic carbocycles. The SMILES string of the molecule is CC[C@H]1OC(=O)C(C)C(=O)[C@@H](C)[C@@H](O[C@@H]2O[C@H](C)C[C@H](N(C)C)[C@H]2O)[C@](C)(OC)C[C@@H](C)/C=C(/C)[C@H](CCNCc2ccccc2)[C@]1(C)O. The Hall–Kier alpha value is -2.18. The maximum atomic E-state index is 14.1. The summed E-state index contributed by atoms with van der Waals surface area (Å²) in [6.45, 7) is 16.2. The molecule has 278 valence electrons. The molecule has 2 heterocycles. The van der Waals surface area contributed by atoms with Crippen molar-refractivity contribution < 1.29 is 38.7 Å². The van der Waals surface area contributed by atoms with E-state index in [9.17, 15) is 19.8 Å². The number of likely N-dealkylation sites (N-methyl/N-ethyl adjacent to an activating group) is 1. The van der Waals surface area contributed by atoms with Gasteiger partial charge in [0, 0.05) is 31.5 Å². The first kappa shape index (κ1) is 41.2. The van der Waals surface area contributed by atoms with Crippen LogP contribution in [0.15, 0.2) is 42.0 Å². The minimum atomic E-state index is -1.40. The molecule has 12 atom stereocenters. The molecule has 2 aliphatic heterocycles. The number of aliphatic hydroxyl groups is 2. The summed E-state index contributed by atoms with van der Waals surface area (Å²) < 4.78 is 25.0. The molecule has 3 rings (SSSR count). The van der Waals surface area contributed by atoms with Crippen molar-refractivity contribution in [1.82, 2.24) is 10.2 Å². The van der Waals surface area contributed by atoms with E-state index in [4.69, 9.17) is 18.9 Å². The second-order valence-corrected chi connectivity index (χ2v) is 15.2. The standard InChI is InChI=1S/C39H64N2O8/c1-12-32-39(8,45)30(18-19-40-23-29-16-14-13-15-17-29)25(3)20-24(2)22-38(7,46-11)35(27(5)33(42)28(6)36(44)48-32)49-37-34(43)31(41(9)10)21-26(4)47-37/h13-17,20,24,26-28,30-32,34-35,37,40,43,45H,12,18-19,21-23H2,1-11H3/b25-20-/t24-,26+,27+,28?,30-,31-,32+,34+,35+,37-,38+,39-/m0/s1. The summed E-state index contributed by atoms with van der Waals surface area (Å²) in [6, 6.07) is 9.94. The number of esters is 1. The number of hydrogen-bond acceptors (Lipinski definition) is 10. The molecule has 0 radical (unpaired) electrons. The third-order valence-corrected chi connectivity index (χ3v) is 10.9. The van der Waals surface area contributed by atoms with Crippen molar-refractivity contribution in [1.29, 1.82) is 0 Å². The Bertz CT molecular complexity index is 1240. The number of ketones is 1. The van der Waals surface area contributed by atoms with Crippen molar-refractivity contribution in [2.24, 2.45) is 23.7 Å². The minimum absolute atomic E-state index is 0.0532. The lowest BCUT2D eigenvalue weighted by Crippen LogP contribution is -2.59. The number of cyclic esters (lactones) is 1. The second kappa shape index (κ2) is 17.8. The molecule has 49 heavy (non-hydrogen) atoms. The maximum absolute atomic E-state index is 14.1. The Kier molecular flexibility index (Phi) is 15.0. The topological polar surface area (TPSA) is 127 Å². The van der Waals surface area contributed by atoms with Crippen LogP contribution in [-0.2, 0) is 35.1 Å². The molecule has 0 amide bonds. The Morgan fingerprint density at radius 1 is 1.08 bits per heavy atom. The van der Waals surface area contributed by atoms with Gasteiger partial charge in [-0.3, -0.25) is 9.59 Å². The zero-order chi connectivity index (χ0) is 36.7. The smallest absolute Gasteiger partial charge is 0.316 e. The van der Waals surface area contributed by atoms with Crippen LogP contribution < -0.4 is 5.32 Å². The number of Topliss-reactive ketones (excluding diaryl/α,β-unsaturated/α-hetero) is 1. The molecule has 0 spiro atoms. The number of carbonyl (C=O) groups is 2. The number of aliphatic hydroxyl groups excluding tert-OH is 1. The van der Waals surface area contributed by atoms with Crippen LogP contribution in [0.1, 0.15) is 86.6 Å². The summed E-state index contributed by atoms with van der Waals surface area (Å²) >= 11 is 0. The van der Waals surface area contributed by atoms with Gasteiger partial charge in [0.25, 0.3) is 0 Å². The lowest BCUT2D eigenvalue weighted by atomic mass is 9.74. The van der Waals surface area contributed by atoms with Crippen LogP contribution >= 0.6 is 0 Å².